The Hall–Kier alpha value is -4.26. The van der Waals surface area contributed by atoms with Crippen LogP contribution in [0.15, 0.2) is 72.4 Å². The number of carbonyl (C=O) groups excluding carboxylic acids is 3. The van der Waals surface area contributed by atoms with E-state index in [-0.39, 0.29) is 29.9 Å². The number of ether oxygens (including phenoxy) is 1. The van der Waals surface area contributed by atoms with Crippen LogP contribution in [-0.4, -0.2) is 39.3 Å². The first kappa shape index (κ1) is 26.8. The van der Waals surface area contributed by atoms with Crippen LogP contribution in [0.5, 0.6) is 0 Å². The summed E-state index contributed by atoms with van der Waals surface area (Å²) in [5, 5.41) is 11.5. The summed E-state index contributed by atoms with van der Waals surface area (Å²) >= 11 is 0. The van der Waals surface area contributed by atoms with Crippen molar-refractivity contribution in [3.8, 4) is 0 Å². The van der Waals surface area contributed by atoms with Crippen molar-refractivity contribution in [1.29, 1.82) is 0 Å². The maximum absolute atomic E-state index is 13.4. The van der Waals surface area contributed by atoms with Crippen LogP contribution in [0.2, 0.25) is 0 Å². The molecular formula is C31H32N2O5. The van der Waals surface area contributed by atoms with Gasteiger partial charge in [-0.3, -0.25) is 14.6 Å². The lowest BCUT2D eigenvalue weighted by molar-refractivity contribution is -0.140. The number of hydrogen-bond donors (Lipinski definition) is 1. The molecular weight excluding hydrogens is 480 g/mol. The minimum Gasteiger partial charge on any atom is -0.507 e. The molecule has 7 nitrogen and oxygen atoms in total. The molecule has 196 valence electrons. The fourth-order valence-electron chi connectivity index (χ4n) is 4.53. The molecule has 1 N–H and O–H groups in total. The van der Waals surface area contributed by atoms with Gasteiger partial charge in [-0.1, -0.05) is 51.1 Å². The van der Waals surface area contributed by atoms with Crippen LogP contribution in [0.3, 0.4) is 0 Å². The molecule has 0 aliphatic carbocycles. The zero-order valence-electron chi connectivity index (χ0n) is 22.3. The van der Waals surface area contributed by atoms with E-state index in [9.17, 15) is 19.5 Å². The molecule has 0 bridgehead atoms. The summed E-state index contributed by atoms with van der Waals surface area (Å²) in [7, 11) is 0. The van der Waals surface area contributed by atoms with Gasteiger partial charge in [0.25, 0.3) is 11.7 Å². The number of amides is 1. The van der Waals surface area contributed by atoms with Gasteiger partial charge in [-0.2, -0.15) is 0 Å². The predicted octanol–water partition coefficient (Wildman–Crippen LogP) is 5.49. The Morgan fingerprint density at radius 2 is 1.76 bits per heavy atom. The maximum atomic E-state index is 13.4. The second-order valence-corrected chi connectivity index (χ2v) is 10.4. The number of aromatic nitrogens is 1. The molecule has 2 heterocycles. The first-order chi connectivity index (χ1) is 18.0. The lowest BCUT2D eigenvalue weighted by Crippen LogP contribution is -2.29. The van der Waals surface area contributed by atoms with E-state index in [1.54, 1.807) is 55.6 Å². The van der Waals surface area contributed by atoms with Gasteiger partial charge in [0.2, 0.25) is 0 Å². The molecule has 0 spiro atoms. The summed E-state index contributed by atoms with van der Waals surface area (Å²) in [6.45, 7) is 10.2. The minimum atomic E-state index is -0.876. The number of rotatable bonds is 6. The quantitative estimate of drug-likeness (QED) is 0.203. The molecule has 1 fully saturated rings. The molecule has 1 aromatic heterocycles. The third-order valence-electron chi connectivity index (χ3n) is 6.68. The standard InChI is InChI=1S/C31H32N2O5/c1-6-38-30(37)21-13-11-20(12-14-21)18-33-26(24-9-7-8-16-32-24)25(28(35)29(33)36)27(34)23-17-22(31(3,4)5)15-10-19(23)2/h7-17,26,34H,6,18H2,1-5H3/b27-25+. The van der Waals surface area contributed by atoms with E-state index in [0.717, 1.165) is 11.1 Å². The zero-order chi connectivity index (χ0) is 27.6. The van der Waals surface area contributed by atoms with Gasteiger partial charge in [-0.05, 0) is 66.3 Å². The highest BCUT2D eigenvalue weighted by molar-refractivity contribution is 6.46. The lowest BCUT2D eigenvalue weighted by atomic mass is 9.84. The van der Waals surface area contributed by atoms with Gasteiger partial charge >= 0.3 is 5.97 Å². The Labute approximate surface area is 222 Å². The highest BCUT2D eigenvalue weighted by Gasteiger charge is 2.47. The van der Waals surface area contributed by atoms with Crippen LogP contribution in [0.25, 0.3) is 5.76 Å². The number of aliphatic hydroxyl groups excluding tert-OH is 1. The number of hydrogen-bond acceptors (Lipinski definition) is 6. The second-order valence-electron chi connectivity index (χ2n) is 10.4. The summed E-state index contributed by atoms with van der Waals surface area (Å²) in [4.78, 5) is 44.6. The SMILES string of the molecule is CCOC(=O)c1ccc(CN2C(=O)C(=O)/C(=C(/O)c3cc(C(C)(C)C)ccc3C)C2c2ccccn2)cc1. The van der Waals surface area contributed by atoms with Crippen LogP contribution in [0.1, 0.15) is 72.0 Å². The van der Waals surface area contributed by atoms with Gasteiger partial charge in [0.15, 0.2) is 0 Å². The van der Waals surface area contributed by atoms with Crippen molar-refractivity contribution in [2.24, 2.45) is 0 Å². The van der Waals surface area contributed by atoms with Gasteiger partial charge in [-0.15, -0.1) is 0 Å². The smallest absolute Gasteiger partial charge is 0.338 e. The average Bonchev–Trinajstić information content (AvgIpc) is 3.14. The number of nitrogens with zero attached hydrogens (tertiary/aromatic N) is 2. The Morgan fingerprint density at radius 1 is 1.05 bits per heavy atom. The highest BCUT2D eigenvalue weighted by Crippen LogP contribution is 2.40. The number of aliphatic hydroxyl groups is 1. The first-order valence-electron chi connectivity index (χ1n) is 12.6. The molecule has 1 unspecified atom stereocenters. The lowest BCUT2D eigenvalue weighted by Gasteiger charge is -2.25. The Balaban J connectivity index is 1.80. The molecule has 2 aromatic carbocycles. The van der Waals surface area contributed by atoms with E-state index in [1.807, 2.05) is 25.1 Å². The number of carbonyl (C=O) groups is 3. The number of esters is 1. The van der Waals surface area contributed by atoms with Crippen LogP contribution >= 0.6 is 0 Å². The molecule has 38 heavy (non-hydrogen) atoms. The fraction of sp³-hybridized carbons (Fsp3) is 0.290. The third-order valence-corrected chi connectivity index (χ3v) is 6.68. The zero-order valence-corrected chi connectivity index (χ0v) is 22.3. The average molecular weight is 513 g/mol. The molecule has 1 aliphatic rings. The van der Waals surface area contributed by atoms with Crippen molar-refractivity contribution in [3.05, 3.63) is 106 Å². The van der Waals surface area contributed by atoms with E-state index in [1.165, 1.54) is 4.90 Å². The topological polar surface area (TPSA) is 96.8 Å². The first-order valence-corrected chi connectivity index (χ1v) is 12.6. The van der Waals surface area contributed by atoms with Crippen LogP contribution in [0, 0.1) is 6.92 Å². The van der Waals surface area contributed by atoms with Crippen molar-refractivity contribution in [1.82, 2.24) is 9.88 Å². The fourth-order valence-corrected chi connectivity index (χ4v) is 4.53. The van der Waals surface area contributed by atoms with Crippen molar-refractivity contribution in [2.45, 2.75) is 52.6 Å². The van der Waals surface area contributed by atoms with Crippen LogP contribution in [0.4, 0.5) is 0 Å². The van der Waals surface area contributed by atoms with Crippen LogP contribution < -0.4 is 0 Å². The summed E-state index contributed by atoms with van der Waals surface area (Å²) in [5.74, 6) is -2.13. The molecule has 4 rings (SSSR count). The van der Waals surface area contributed by atoms with Gasteiger partial charge in [0, 0.05) is 18.3 Å². The summed E-state index contributed by atoms with van der Waals surface area (Å²) in [5.41, 5.74) is 3.71. The number of aryl methyl sites for hydroxylation is 1. The Kier molecular flexibility index (Phi) is 7.49. The third kappa shape index (κ3) is 5.23. The second kappa shape index (κ2) is 10.6. The number of Topliss-reactive ketones (excluding diaryl/α,β-unsaturated/α-hetero) is 1. The number of benzene rings is 2. The summed E-state index contributed by atoms with van der Waals surface area (Å²) < 4.78 is 5.04. The van der Waals surface area contributed by atoms with E-state index in [2.05, 4.69) is 25.8 Å². The molecule has 1 atom stereocenters. The van der Waals surface area contributed by atoms with Crippen LogP contribution in [-0.2, 0) is 26.3 Å². The monoisotopic (exact) mass is 512 g/mol. The van der Waals surface area contributed by atoms with Crippen molar-refractivity contribution < 1.29 is 24.2 Å². The molecule has 7 heteroatoms. The molecule has 0 radical (unpaired) electrons. The molecule has 1 aliphatic heterocycles. The van der Waals surface area contributed by atoms with Gasteiger partial charge in [0.05, 0.1) is 23.4 Å². The van der Waals surface area contributed by atoms with Gasteiger partial charge < -0.3 is 14.7 Å². The molecule has 3 aromatic rings. The van der Waals surface area contributed by atoms with Crippen molar-refractivity contribution in [3.63, 3.8) is 0 Å². The Bertz CT molecular complexity index is 1400. The summed E-state index contributed by atoms with van der Waals surface area (Å²) in [6, 6.07) is 16.9. The van der Waals surface area contributed by atoms with E-state index >= 15 is 0 Å². The summed E-state index contributed by atoms with van der Waals surface area (Å²) in [6.07, 6.45) is 1.59. The highest BCUT2D eigenvalue weighted by atomic mass is 16.5. The van der Waals surface area contributed by atoms with E-state index < -0.39 is 23.7 Å². The predicted molar refractivity (Wildman–Crippen MR) is 144 cm³/mol. The van der Waals surface area contributed by atoms with E-state index in [4.69, 9.17) is 4.74 Å². The van der Waals surface area contributed by atoms with Gasteiger partial charge in [-0.25, -0.2) is 4.79 Å². The number of likely N-dealkylation sites (tertiary alicyclic amines) is 1. The number of ketones is 1. The minimum absolute atomic E-state index is 0.00556. The number of pyridine rings is 1. The maximum Gasteiger partial charge on any atom is 0.338 e. The van der Waals surface area contributed by atoms with E-state index in [0.29, 0.717) is 22.4 Å². The molecule has 0 saturated carbocycles. The Morgan fingerprint density at radius 3 is 2.37 bits per heavy atom. The molecule has 1 saturated heterocycles. The van der Waals surface area contributed by atoms with Crippen molar-refractivity contribution in [2.75, 3.05) is 6.61 Å². The normalized spacial score (nSPS) is 17.1. The molecule has 1 amide bonds. The largest absolute Gasteiger partial charge is 0.507 e. The van der Waals surface area contributed by atoms with Gasteiger partial charge in [0.1, 0.15) is 11.8 Å². The van der Waals surface area contributed by atoms with Crippen molar-refractivity contribution >= 4 is 23.4 Å².